The van der Waals surface area contributed by atoms with Gasteiger partial charge < -0.3 is 24.8 Å². The van der Waals surface area contributed by atoms with Crippen LogP contribution in [0.4, 0.5) is 5.82 Å². The van der Waals surface area contributed by atoms with E-state index in [1.165, 1.54) is 31.1 Å². The van der Waals surface area contributed by atoms with Gasteiger partial charge in [0.15, 0.2) is 11.5 Å². The van der Waals surface area contributed by atoms with E-state index in [9.17, 15) is 28.5 Å². The topological polar surface area (TPSA) is 245 Å². The number of nitrogen functional groups attached to an aromatic ring is 1. The Morgan fingerprint density at radius 1 is 0.974 bits per heavy atom. The van der Waals surface area contributed by atoms with E-state index >= 15 is 0 Å². The molecule has 0 amide bonds. The lowest BCUT2D eigenvalue weighted by molar-refractivity contribution is 0.0779. The fourth-order valence-electron chi connectivity index (χ4n) is 3.24. The molecular formula is C18H27N7O11P2. The van der Waals surface area contributed by atoms with Crippen LogP contribution in [0, 0.1) is 6.92 Å². The van der Waals surface area contributed by atoms with Gasteiger partial charge in [0.2, 0.25) is 0 Å². The third-order valence-corrected chi connectivity index (χ3v) is 7.09. The van der Waals surface area contributed by atoms with E-state index in [2.05, 4.69) is 24.5 Å². The van der Waals surface area contributed by atoms with Gasteiger partial charge in [-0.1, -0.05) is 0 Å². The maximum atomic E-state index is 12.7. The van der Waals surface area contributed by atoms with E-state index in [1.807, 2.05) is 0 Å². The SMILES string of the molecule is COC[C@H](COP(=O)(O)OC[C@H](COP(=O)(O)OC)n1cnc2c(N)ncnc21)n1cc(C)c(=O)[nH]c1=O. The monoisotopic (exact) mass is 579 g/mol. The van der Waals surface area contributed by atoms with Crippen molar-refractivity contribution in [3.05, 3.63) is 45.3 Å². The molecule has 0 saturated heterocycles. The Morgan fingerprint density at radius 2 is 1.58 bits per heavy atom. The molecule has 0 radical (unpaired) electrons. The van der Waals surface area contributed by atoms with Crippen LogP contribution in [0.25, 0.3) is 11.2 Å². The summed E-state index contributed by atoms with van der Waals surface area (Å²) in [6.45, 7) is -0.252. The van der Waals surface area contributed by atoms with Gasteiger partial charge in [-0.15, -0.1) is 0 Å². The number of phosphoric acid groups is 2. The van der Waals surface area contributed by atoms with Gasteiger partial charge in [0, 0.05) is 26.0 Å². The molecule has 0 saturated carbocycles. The molecule has 38 heavy (non-hydrogen) atoms. The van der Waals surface area contributed by atoms with Crippen molar-refractivity contribution in [2.75, 3.05) is 46.4 Å². The molecule has 3 aromatic rings. The fourth-order valence-corrected chi connectivity index (χ4v) is 4.50. The van der Waals surface area contributed by atoms with Gasteiger partial charge in [0.05, 0.1) is 44.8 Å². The van der Waals surface area contributed by atoms with E-state index < -0.39 is 58.8 Å². The Kier molecular flexibility index (Phi) is 9.69. The number of imidazole rings is 1. The van der Waals surface area contributed by atoms with Crippen molar-refractivity contribution < 1.29 is 41.7 Å². The number of ether oxygens (including phenoxy) is 1. The molecule has 20 heteroatoms. The van der Waals surface area contributed by atoms with Crippen LogP contribution < -0.4 is 17.0 Å². The molecule has 4 atom stereocenters. The first-order valence-electron chi connectivity index (χ1n) is 10.8. The Labute approximate surface area is 214 Å². The van der Waals surface area contributed by atoms with Gasteiger partial charge in [0.25, 0.3) is 5.56 Å². The highest BCUT2D eigenvalue weighted by molar-refractivity contribution is 7.47. The second-order valence-corrected chi connectivity index (χ2v) is 10.8. The summed E-state index contributed by atoms with van der Waals surface area (Å²) in [5, 5.41) is 0. The number of aromatic nitrogens is 6. The number of hydrogen-bond acceptors (Lipinski definition) is 13. The number of nitrogens with zero attached hydrogens (tertiary/aromatic N) is 5. The first kappa shape index (κ1) is 29.8. The van der Waals surface area contributed by atoms with E-state index in [0.717, 1.165) is 18.0 Å². The molecule has 0 fully saturated rings. The number of fused-ring (bicyclic) bond motifs is 1. The summed E-state index contributed by atoms with van der Waals surface area (Å²) in [5.74, 6) is 0.0622. The maximum Gasteiger partial charge on any atom is 0.472 e. The van der Waals surface area contributed by atoms with Gasteiger partial charge in [0.1, 0.15) is 11.8 Å². The zero-order valence-corrected chi connectivity index (χ0v) is 22.3. The Hall–Kier alpha value is -2.79. The van der Waals surface area contributed by atoms with Crippen molar-refractivity contribution in [2.24, 2.45) is 0 Å². The molecule has 0 aliphatic carbocycles. The fraction of sp³-hybridized carbons (Fsp3) is 0.500. The zero-order chi connectivity index (χ0) is 28.1. The normalized spacial score (nSPS) is 16.7. The summed E-state index contributed by atoms with van der Waals surface area (Å²) in [6.07, 6.45) is 3.70. The second-order valence-electron chi connectivity index (χ2n) is 7.83. The maximum absolute atomic E-state index is 12.7. The first-order valence-corrected chi connectivity index (χ1v) is 13.8. The molecule has 0 bridgehead atoms. The molecular weight excluding hydrogens is 552 g/mol. The van der Waals surface area contributed by atoms with Crippen molar-refractivity contribution in [3.8, 4) is 0 Å². The number of nitrogens with two attached hydrogens (primary N) is 1. The van der Waals surface area contributed by atoms with Crippen molar-refractivity contribution >= 4 is 32.6 Å². The third kappa shape index (κ3) is 7.41. The summed E-state index contributed by atoms with van der Waals surface area (Å²) in [5.41, 5.74) is 5.09. The zero-order valence-electron chi connectivity index (χ0n) is 20.5. The molecule has 18 nitrogen and oxygen atoms in total. The lowest BCUT2D eigenvalue weighted by Gasteiger charge is -2.23. The number of anilines is 1. The van der Waals surface area contributed by atoms with Gasteiger partial charge in [-0.3, -0.25) is 32.4 Å². The predicted octanol–water partition coefficient (Wildman–Crippen LogP) is -0.107. The lowest BCUT2D eigenvalue weighted by atomic mass is 10.3. The van der Waals surface area contributed by atoms with Crippen LogP contribution in [0.5, 0.6) is 0 Å². The molecule has 2 unspecified atom stereocenters. The Balaban J connectivity index is 1.77. The van der Waals surface area contributed by atoms with Gasteiger partial charge >= 0.3 is 21.3 Å². The number of aromatic amines is 1. The highest BCUT2D eigenvalue weighted by atomic mass is 31.2. The van der Waals surface area contributed by atoms with Crippen LogP contribution in [-0.4, -0.2) is 79.5 Å². The number of H-pyrrole nitrogens is 1. The standard InChI is InChI=1S/C18H27N7O11P2/c1-11-4-24(18(27)23-17(11)26)12(5-32-2)6-35-38(30,31)36-8-13(7-34-37(28,29)33-3)25-10-22-14-15(19)20-9-21-16(14)25/h4,9-10,12-13H,5-8H2,1-3H3,(H,28,29)(H,30,31)(H2,19,20,21)(H,23,26,27)/t12-,13+/m1/s1. The van der Waals surface area contributed by atoms with E-state index in [4.69, 9.17) is 24.0 Å². The predicted molar refractivity (Wildman–Crippen MR) is 130 cm³/mol. The molecule has 210 valence electrons. The second kappa shape index (κ2) is 12.4. The molecule has 3 heterocycles. The molecule has 0 spiro atoms. The Morgan fingerprint density at radius 3 is 2.18 bits per heavy atom. The number of phosphoric ester groups is 2. The van der Waals surface area contributed by atoms with Gasteiger partial charge in [-0.05, 0) is 6.92 Å². The van der Waals surface area contributed by atoms with E-state index in [-0.39, 0.29) is 29.2 Å². The summed E-state index contributed by atoms with van der Waals surface area (Å²) >= 11 is 0. The Bertz CT molecular complexity index is 1470. The van der Waals surface area contributed by atoms with Crippen molar-refractivity contribution in [1.82, 2.24) is 29.1 Å². The highest BCUT2D eigenvalue weighted by Gasteiger charge is 2.30. The quantitative estimate of drug-likeness (QED) is 0.182. The largest absolute Gasteiger partial charge is 0.472 e. The molecule has 3 rings (SSSR count). The smallest absolute Gasteiger partial charge is 0.382 e. The minimum atomic E-state index is -4.78. The van der Waals surface area contributed by atoms with E-state index in [1.54, 1.807) is 0 Å². The minimum Gasteiger partial charge on any atom is -0.382 e. The van der Waals surface area contributed by atoms with Gasteiger partial charge in [-0.2, -0.15) is 0 Å². The average molecular weight is 579 g/mol. The summed E-state index contributed by atoms with van der Waals surface area (Å²) < 4.78 is 51.6. The number of aryl methyl sites for hydroxylation is 1. The lowest BCUT2D eigenvalue weighted by Crippen LogP contribution is -2.36. The van der Waals surface area contributed by atoms with Crippen LogP contribution in [0.2, 0.25) is 0 Å². The molecule has 3 aromatic heterocycles. The minimum absolute atomic E-state index is 0.0622. The van der Waals surface area contributed by atoms with Crippen LogP contribution >= 0.6 is 15.6 Å². The summed E-state index contributed by atoms with van der Waals surface area (Å²) in [7, 11) is -6.89. The average Bonchev–Trinajstić information content (AvgIpc) is 3.29. The first-order chi connectivity index (χ1) is 17.9. The summed E-state index contributed by atoms with van der Waals surface area (Å²) in [6, 6.07) is -1.93. The van der Waals surface area contributed by atoms with Crippen LogP contribution in [0.1, 0.15) is 17.6 Å². The molecule has 5 N–H and O–H groups in total. The van der Waals surface area contributed by atoms with Crippen molar-refractivity contribution in [3.63, 3.8) is 0 Å². The van der Waals surface area contributed by atoms with Gasteiger partial charge in [-0.25, -0.2) is 28.9 Å². The number of rotatable bonds is 14. The van der Waals surface area contributed by atoms with E-state index in [0.29, 0.717) is 0 Å². The number of nitrogens with one attached hydrogen (secondary N) is 1. The van der Waals surface area contributed by atoms with Crippen molar-refractivity contribution in [1.29, 1.82) is 0 Å². The third-order valence-electron chi connectivity index (χ3n) is 5.20. The molecule has 0 aromatic carbocycles. The van der Waals surface area contributed by atoms with Crippen LogP contribution in [0.3, 0.4) is 0 Å². The van der Waals surface area contributed by atoms with Crippen LogP contribution in [-0.2, 0) is 32.0 Å². The molecule has 0 aliphatic heterocycles. The summed E-state index contributed by atoms with van der Waals surface area (Å²) in [4.78, 5) is 57.9. The molecule has 0 aliphatic rings. The van der Waals surface area contributed by atoms with Crippen LogP contribution in [0.15, 0.2) is 28.4 Å². The number of methoxy groups -OCH3 is 1. The number of hydrogen-bond donors (Lipinski definition) is 4. The van der Waals surface area contributed by atoms with Crippen molar-refractivity contribution in [2.45, 2.75) is 19.0 Å². The highest BCUT2D eigenvalue weighted by Crippen LogP contribution is 2.46.